The lowest BCUT2D eigenvalue weighted by molar-refractivity contribution is -0.119. The minimum Gasteiger partial charge on any atom is -0.462 e. The molecule has 27 heavy (non-hydrogen) atoms. The summed E-state index contributed by atoms with van der Waals surface area (Å²) in [5, 5.41) is 2.68. The smallest absolute Gasteiger partial charge is 0.359 e. The van der Waals surface area contributed by atoms with Gasteiger partial charge in [-0.3, -0.25) is 4.79 Å². The predicted octanol–water partition coefficient (Wildman–Crippen LogP) is 3.75. The van der Waals surface area contributed by atoms with Crippen molar-refractivity contribution in [2.75, 3.05) is 18.5 Å². The number of halogens is 2. The molecule has 0 bridgehead atoms. The van der Waals surface area contributed by atoms with E-state index in [0.717, 1.165) is 6.42 Å². The first-order valence-corrected chi connectivity index (χ1v) is 8.72. The van der Waals surface area contributed by atoms with E-state index < -0.39 is 24.5 Å². The largest absolute Gasteiger partial charge is 0.462 e. The van der Waals surface area contributed by atoms with Crippen LogP contribution in [0.15, 0.2) is 36.4 Å². The average molecular weight is 411 g/mol. The highest BCUT2D eigenvalue weighted by molar-refractivity contribution is 6.34. The molecular weight excluding hydrogens is 395 g/mol. The number of carbonyl (C=O) groups excluding carboxylic acids is 3. The topological polar surface area (TPSA) is 94.6 Å². The average Bonchev–Trinajstić information content (AvgIpc) is 2.66. The number of nitrogens with one attached hydrogen (secondary N) is 1. The summed E-state index contributed by atoms with van der Waals surface area (Å²) in [7, 11) is 0. The number of aromatic nitrogens is 1. The molecule has 0 saturated carbocycles. The van der Waals surface area contributed by atoms with Gasteiger partial charge < -0.3 is 14.8 Å². The minimum atomic E-state index is -0.869. The van der Waals surface area contributed by atoms with Crippen LogP contribution in [-0.2, 0) is 14.3 Å². The molecule has 1 heterocycles. The Labute approximate surface area is 165 Å². The van der Waals surface area contributed by atoms with Crippen LogP contribution in [0.25, 0.3) is 0 Å². The van der Waals surface area contributed by atoms with Gasteiger partial charge in [-0.25, -0.2) is 14.6 Å². The van der Waals surface area contributed by atoms with E-state index in [0.29, 0.717) is 17.9 Å². The molecule has 1 aromatic heterocycles. The van der Waals surface area contributed by atoms with E-state index in [1.807, 2.05) is 6.92 Å². The maximum absolute atomic E-state index is 11.9. The number of ether oxygens (including phenoxy) is 2. The number of hydrogen-bond donors (Lipinski definition) is 1. The van der Waals surface area contributed by atoms with Crippen molar-refractivity contribution >= 4 is 46.7 Å². The van der Waals surface area contributed by atoms with Crippen LogP contribution in [0, 0.1) is 0 Å². The number of amides is 1. The minimum absolute atomic E-state index is 0.0651. The van der Waals surface area contributed by atoms with E-state index in [2.05, 4.69) is 10.3 Å². The Morgan fingerprint density at radius 1 is 1.00 bits per heavy atom. The van der Waals surface area contributed by atoms with Crippen molar-refractivity contribution in [1.29, 1.82) is 0 Å². The highest BCUT2D eigenvalue weighted by Crippen LogP contribution is 2.17. The fourth-order valence-electron chi connectivity index (χ4n) is 1.93. The van der Waals surface area contributed by atoms with Crippen molar-refractivity contribution in [3.63, 3.8) is 0 Å². The number of hydrogen-bond acceptors (Lipinski definition) is 6. The summed E-state index contributed by atoms with van der Waals surface area (Å²) in [6.07, 6.45) is 0.731. The molecule has 0 saturated heterocycles. The number of nitrogens with zero attached hydrogens (tertiary/aromatic N) is 1. The second kappa shape index (κ2) is 9.89. The maximum atomic E-state index is 11.9. The third-order valence-corrected chi connectivity index (χ3v) is 3.70. The predicted molar refractivity (Wildman–Crippen MR) is 100 cm³/mol. The van der Waals surface area contributed by atoms with Gasteiger partial charge in [0.25, 0.3) is 5.91 Å². The summed E-state index contributed by atoms with van der Waals surface area (Å²) in [5.41, 5.74) is 0.628. The Hall–Kier alpha value is -2.64. The van der Waals surface area contributed by atoms with E-state index in [1.54, 1.807) is 0 Å². The van der Waals surface area contributed by atoms with Crippen molar-refractivity contribution in [2.24, 2.45) is 0 Å². The molecule has 1 amide bonds. The molecule has 9 heteroatoms. The van der Waals surface area contributed by atoms with E-state index in [9.17, 15) is 14.4 Å². The molecule has 0 spiro atoms. The Bertz CT molecular complexity index is 840. The van der Waals surface area contributed by atoms with Crippen molar-refractivity contribution < 1.29 is 23.9 Å². The standard InChI is InChI=1S/C18H16Cl2N2O5/c1-2-9-26-17(24)11-3-5-12(6-4-11)21-15(23)10-27-18(25)16-13(19)7-8-14(20)22-16/h3-8H,2,9-10H2,1H3,(H,21,23). The molecule has 2 rings (SSSR count). The maximum Gasteiger partial charge on any atom is 0.359 e. The van der Waals surface area contributed by atoms with Crippen molar-refractivity contribution in [3.8, 4) is 0 Å². The Balaban J connectivity index is 1.87. The number of carbonyl (C=O) groups is 3. The van der Waals surface area contributed by atoms with Gasteiger partial charge in [0.15, 0.2) is 12.3 Å². The normalized spacial score (nSPS) is 10.2. The zero-order valence-corrected chi connectivity index (χ0v) is 15.8. The molecule has 1 N–H and O–H groups in total. The molecule has 0 aliphatic carbocycles. The molecular formula is C18H16Cl2N2O5. The summed E-state index contributed by atoms with van der Waals surface area (Å²) >= 11 is 11.6. The molecule has 7 nitrogen and oxygen atoms in total. The summed E-state index contributed by atoms with van der Waals surface area (Å²) in [4.78, 5) is 39.3. The zero-order chi connectivity index (χ0) is 19.8. The second-order valence-electron chi connectivity index (χ2n) is 5.30. The number of rotatable bonds is 7. The highest BCUT2D eigenvalue weighted by atomic mass is 35.5. The van der Waals surface area contributed by atoms with Gasteiger partial charge in [-0.2, -0.15) is 0 Å². The van der Waals surface area contributed by atoms with Gasteiger partial charge in [0, 0.05) is 5.69 Å². The fourth-order valence-corrected chi connectivity index (χ4v) is 2.26. The molecule has 0 radical (unpaired) electrons. The number of anilines is 1. The van der Waals surface area contributed by atoms with Gasteiger partial charge >= 0.3 is 11.9 Å². The fraction of sp³-hybridized carbons (Fsp3) is 0.222. The van der Waals surface area contributed by atoms with Crippen LogP contribution in [0.2, 0.25) is 10.2 Å². The summed E-state index contributed by atoms with van der Waals surface area (Å²) < 4.78 is 9.89. The Morgan fingerprint density at radius 3 is 2.37 bits per heavy atom. The quantitative estimate of drug-likeness (QED) is 0.551. The van der Waals surface area contributed by atoms with Gasteiger partial charge in [-0.1, -0.05) is 30.1 Å². The molecule has 0 unspecified atom stereocenters. The van der Waals surface area contributed by atoms with E-state index in [4.69, 9.17) is 32.7 Å². The zero-order valence-electron chi connectivity index (χ0n) is 14.3. The highest BCUT2D eigenvalue weighted by Gasteiger charge is 2.16. The van der Waals surface area contributed by atoms with Crippen LogP contribution in [0.5, 0.6) is 0 Å². The van der Waals surface area contributed by atoms with E-state index in [-0.39, 0.29) is 15.9 Å². The first kappa shape index (κ1) is 20.7. The van der Waals surface area contributed by atoms with Crippen molar-refractivity contribution in [3.05, 3.63) is 57.8 Å². The Kier molecular flexibility index (Phi) is 7.57. The monoisotopic (exact) mass is 410 g/mol. The van der Waals surface area contributed by atoms with Crippen LogP contribution in [0.1, 0.15) is 34.2 Å². The third-order valence-electron chi connectivity index (χ3n) is 3.18. The van der Waals surface area contributed by atoms with Crippen molar-refractivity contribution in [1.82, 2.24) is 4.98 Å². The molecule has 2 aromatic rings. The number of benzene rings is 1. The summed E-state index contributed by atoms with van der Waals surface area (Å²) in [5.74, 6) is -1.87. The van der Waals surface area contributed by atoms with Crippen LogP contribution in [0.3, 0.4) is 0 Å². The molecule has 0 aliphatic rings. The van der Waals surface area contributed by atoms with Gasteiger partial charge in [0.1, 0.15) is 5.15 Å². The van der Waals surface area contributed by atoms with Gasteiger partial charge in [0.05, 0.1) is 17.2 Å². The molecule has 0 fully saturated rings. The van der Waals surface area contributed by atoms with Crippen molar-refractivity contribution in [2.45, 2.75) is 13.3 Å². The van der Waals surface area contributed by atoms with Gasteiger partial charge in [0.2, 0.25) is 0 Å². The first-order chi connectivity index (χ1) is 12.9. The lowest BCUT2D eigenvalue weighted by Crippen LogP contribution is -2.21. The molecule has 0 aliphatic heterocycles. The van der Waals surface area contributed by atoms with Crippen LogP contribution >= 0.6 is 23.2 Å². The Morgan fingerprint density at radius 2 is 1.70 bits per heavy atom. The van der Waals surface area contributed by atoms with E-state index >= 15 is 0 Å². The van der Waals surface area contributed by atoms with Crippen LogP contribution in [-0.4, -0.2) is 36.0 Å². The lowest BCUT2D eigenvalue weighted by atomic mass is 10.2. The molecule has 0 atom stereocenters. The van der Waals surface area contributed by atoms with Gasteiger partial charge in [-0.05, 0) is 42.8 Å². The van der Waals surface area contributed by atoms with E-state index in [1.165, 1.54) is 36.4 Å². The third kappa shape index (κ3) is 6.23. The SMILES string of the molecule is CCCOC(=O)c1ccc(NC(=O)COC(=O)c2nc(Cl)ccc2Cl)cc1. The molecule has 142 valence electrons. The summed E-state index contributed by atoms with van der Waals surface area (Å²) in [6, 6.07) is 8.95. The lowest BCUT2D eigenvalue weighted by Gasteiger charge is -2.08. The number of pyridine rings is 1. The van der Waals surface area contributed by atoms with Crippen LogP contribution in [0.4, 0.5) is 5.69 Å². The van der Waals surface area contributed by atoms with Crippen LogP contribution < -0.4 is 5.32 Å². The first-order valence-electron chi connectivity index (χ1n) is 7.97. The molecule has 1 aromatic carbocycles. The van der Waals surface area contributed by atoms with Gasteiger partial charge in [-0.15, -0.1) is 0 Å². The number of esters is 2. The second-order valence-corrected chi connectivity index (χ2v) is 6.10. The summed E-state index contributed by atoms with van der Waals surface area (Å²) in [6.45, 7) is 1.70.